The van der Waals surface area contributed by atoms with E-state index in [-0.39, 0.29) is 0 Å². The van der Waals surface area contributed by atoms with Crippen LogP contribution in [0.1, 0.15) is 55.6 Å². The quantitative estimate of drug-likeness (QED) is 0.196. The Morgan fingerprint density at radius 2 is 0.717 bits per heavy atom. The topological polar surface area (TPSA) is 6.48 Å². The molecule has 0 atom stereocenters. The van der Waals surface area contributed by atoms with Crippen molar-refractivity contribution in [2.45, 2.75) is 41.5 Å². The molecule has 0 aliphatic carbocycles. The molecule has 0 bridgehead atoms. The van der Waals surface area contributed by atoms with Gasteiger partial charge in [-0.1, -0.05) is 72.3 Å². The van der Waals surface area contributed by atoms with Crippen molar-refractivity contribution in [3.05, 3.63) is 177 Å². The van der Waals surface area contributed by atoms with Crippen molar-refractivity contribution in [1.29, 1.82) is 0 Å². The first-order valence-corrected chi connectivity index (χ1v) is 16.2. The Balaban J connectivity index is 1.50. The highest BCUT2D eigenvalue weighted by Gasteiger charge is 2.35. The maximum Gasteiger partial charge on any atom is 0.0543 e. The molecular weight excluding hydrogens is 556 g/mol. The molecule has 46 heavy (non-hydrogen) atoms. The van der Waals surface area contributed by atoms with Gasteiger partial charge in [0.2, 0.25) is 0 Å². The van der Waals surface area contributed by atoms with Crippen LogP contribution in [-0.2, 0) is 0 Å². The average molecular weight is 595 g/mol. The lowest BCUT2D eigenvalue weighted by Gasteiger charge is -2.39. The number of benzene rings is 6. The Hall–Kier alpha value is -5.34. The zero-order valence-corrected chi connectivity index (χ0v) is 27.4. The molecule has 0 amide bonds. The molecular formula is C44H38N2. The van der Waals surface area contributed by atoms with E-state index in [0.717, 1.165) is 0 Å². The van der Waals surface area contributed by atoms with Crippen molar-refractivity contribution in [2.24, 2.45) is 0 Å². The van der Waals surface area contributed by atoms with E-state index in [0.29, 0.717) is 0 Å². The molecule has 0 unspecified atom stereocenters. The molecule has 2 aliphatic rings. The molecule has 8 rings (SSSR count). The predicted octanol–water partition coefficient (Wildman–Crippen LogP) is 12.1. The fourth-order valence-corrected chi connectivity index (χ4v) is 7.65. The van der Waals surface area contributed by atoms with Crippen molar-refractivity contribution in [3.8, 4) is 0 Å². The summed E-state index contributed by atoms with van der Waals surface area (Å²) in [6.07, 6.45) is 0. The fourth-order valence-electron chi connectivity index (χ4n) is 7.65. The van der Waals surface area contributed by atoms with Gasteiger partial charge in [0, 0.05) is 44.8 Å². The fraction of sp³-hybridized carbons (Fsp3) is 0.136. The number of nitrogens with zero attached hydrogens (tertiary/aromatic N) is 2. The van der Waals surface area contributed by atoms with Crippen molar-refractivity contribution in [1.82, 2.24) is 0 Å². The van der Waals surface area contributed by atoms with Crippen LogP contribution < -0.4 is 9.80 Å². The molecule has 6 aromatic carbocycles. The molecule has 2 aliphatic heterocycles. The molecule has 6 aromatic rings. The highest BCUT2D eigenvalue weighted by Crippen LogP contribution is 2.57. The summed E-state index contributed by atoms with van der Waals surface area (Å²) in [5.74, 6) is 0. The van der Waals surface area contributed by atoms with E-state index in [1.165, 1.54) is 101 Å². The zero-order chi connectivity index (χ0) is 31.7. The summed E-state index contributed by atoms with van der Waals surface area (Å²) in [5.41, 5.74) is 22.4. The molecule has 0 saturated carbocycles. The molecule has 0 N–H and O–H groups in total. The number of fused-ring (bicyclic) bond motifs is 4. The molecule has 0 fully saturated rings. The number of rotatable bonds is 2. The number of anilines is 6. The minimum absolute atomic E-state index is 1.19. The van der Waals surface area contributed by atoms with Gasteiger partial charge in [0.05, 0.1) is 22.7 Å². The van der Waals surface area contributed by atoms with Gasteiger partial charge in [0.15, 0.2) is 0 Å². The van der Waals surface area contributed by atoms with Crippen LogP contribution in [0.15, 0.2) is 121 Å². The van der Waals surface area contributed by atoms with Gasteiger partial charge in [0.25, 0.3) is 0 Å². The van der Waals surface area contributed by atoms with E-state index >= 15 is 0 Å². The summed E-state index contributed by atoms with van der Waals surface area (Å²) in [5, 5.41) is 0. The molecule has 0 radical (unpaired) electrons. The van der Waals surface area contributed by atoms with Crippen LogP contribution in [0.3, 0.4) is 0 Å². The first kappa shape index (κ1) is 28.2. The van der Waals surface area contributed by atoms with E-state index in [1.807, 2.05) is 0 Å². The van der Waals surface area contributed by atoms with E-state index < -0.39 is 0 Å². The van der Waals surface area contributed by atoms with Crippen LogP contribution in [0.2, 0.25) is 0 Å². The van der Waals surface area contributed by atoms with Crippen LogP contribution >= 0.6 is 0 Å². The van der Waals surface area contributed by atoms with E-state index in [4.69, 9.17) is 0 Å². The molecule has 2 heterocycles. The van der Waals surface area contributed by atoms with Gasteiger partial charge < -0.3 is 9.80 Å². The van der Waals surface area contributed by atoms with Gasteiger partial charge in [-0.3, -0.25) is 0 Å². The number of para-hydroxylation sites is 2. The maximum absolute atomic E-state index is 2.47. The van der Waals surface area contributed by atoms with Gasteiger partial charge in [-0.05, 0) is 124 Å². The summed E-state index contributed by atoms with van der Waals surface area (Å²) in [6, 6.07) is 45.5. The second kappa shape index (κ2) is 10.6. The summed E-state index contributed by atoms with van der Waals surface area (Å²) in [4.78, 5) is 4.93. The Morgan fingerprint density at radius 1 is 0.304 bits per heavy atom. The molecule has 0 spiro atoms. The van der Waals surface area contributed by atoms with Crippen LogP contribution in [0.4, 0.5) is 34.1 Å². The lowest BCUT2D eigenvalue weighted by atomic mass is 9.78. The van der Waals surface area contributed by atoms with Gasteiger partial charge in [-0.2, -0.15) is 0 Å². The predicted molar refractivity (Wildman–Crippen MR) is 196 cm³/mol. The Morgan fingerprint density at radius 3 is 1.28 bits per heavy atom. The van der Waals surface area contributed by atoms with Gasteiger partial charge >= 0.3 is 0 Å². The normalized spacial score (nSPS) is 14.8. The largest absolute Gasteiger partial charge is 0.309 e. The zero-order valence-electron chi connectivity index (χ0n) is 27.4. The lowest BCUT2D eigenvalue weighted by molar-refractivity contribution is 1.20. The number of aryl methyl sites for hydroxylation is 6. The summed E-state index contributed by atoms with van der Waals surface area (Å²) >= 11 is 0. The summed E-state index contributed by atoms with van der Waals surface area (Å²) in [7, 11) is 0. The number of hydrogen-bond acceptors (Lipinski definition) is 2. The molecule has 0 saturated heterocycles. The van der Waals surface area contributed by atoms with E-state index in [1.54, 1.807) is 0 Å². The lowest BCUT2D eigenvalue weighted by Crippen LogP contribution is -2.22. The minimum atomic E-state index is 1.19. The highest BCUT2D eigenvalue weighted by atomic mass is 15.2. The molecule has 0 aromatic heterocycles. The third-order valence-electron chi connectivity index (χ3n) is 9.33. The number of hydrogen-bond donors (Lipinski definition) is 0. The van der Waals surface area contributed by atoms with Crippen LogP contribution in [0.5, 0.6) is 0 Å². The first-order chi connectivity index (χ1) is 22.3. The molecule has 2 heteroatoms. The van der Waals surface area contributed by atoms with E-state index in [9.17, 15) is 0 Å². The van der Waals surface area contributed by atoms with Gasteiger partial charge in [-0.15, -0.1) is 0 Å². The van der Waals surface area contributed by atoms with Crippen LogP contribution in [0, 0.1) is 41.5 Å². The van der Waals surface area contributed by atoms with E-state index in [2.05, 4.69) is 173 Å². The van der Waals surface area contributed by atoms with Crippen molar-refractivity contribution < 1.29 is 0 Å². The first-order valence-electron chi connectivity index (χ1n) is 16.2. The highest BCUT2D eigenvalue weighted by molar-refractivity contribution is 6.17. The van der Waals surface area contributed by atoms with Gasteiger partial charge in [-0.25, -0.2) is 0 Å². The third-order valence-corrected chi connectivity index (χ3v) is 9.33. The average Bonchev–Trinajstić information content (AvgIpc) is 3.01. The van der Waals surface area contributed by atoms with Crippen molar-refractivity contribution >= 4 is 45.3 Å². The Kier molecular flexibility index (Phi) is 6.51. The second-order valence-corrected chi connectivity index (χ2v) is 13.2. The maximum atomic E-state index is 2.47. The smallest absolute Gasteiger partial charge is 0.0543 e. The summed E-state index contributed by atoms with van der Waals surface area (Å²) in [6.45, 7) is 13.2. The van der Waals surface area contributed by atoms with Gasteiger partial charge in [0.1, 0.15) is 0 Å². The molecule has 2 nitrogen and oxygen atoms in total. The van der Waals surface area contributed by atoms with Crippen molar-refractivity contribution in [3.63, 3.8) is 0 Å². The third kappa shape index (κ3) is 4.48. The summed E-state index contributed by atoms with van der Waals surface area (Å²) < 4.78 is 0. The Labute approximate surface area is 272 Å². The second-order valence-electron chi connectivity index (χ2n) is 13.2. The minimum Gasteiger partial charge on any atom is -0.309 e. The monoisotopic (exact) mass is 594 g/mol. The Bertz CT molecular complexity index is 2190. The van der Waals surface area contributed by atoms with Crippen molar-refractivity contribution in [2.75, 3.05) is 9.80 Å². The molecule has 224 valence electrons. The van der Waals surface area contributed by atoms with Crippen LogP contribution in [0.25, 0.3) is 11.1 Å². The standard InChI is InChI=1S/C44H38N2/c1-27-16-18-41-38(25-27)44(36-12-8-9-13-39(36)45(41)33-21-29(3)19-30(4)22-33)43-35-11-7-10-14-40(35)46(34-23-31(5)20-32(6)24-34)42-26-28(2)15-17-37(42)43/h7-26H,1-6H3/b44-43+. The SMILES string of the molecule is Cc1cc(C)cc(N2c3ccccc3/C(=C3/c4ccccc4N(c4cc(C)cc(C)c4)c4cc(C)ccc43)c3cc(C)ccc32)c1. The van der Waals surface area contributed by atoms with Crippen LogP contribution in [-0.4, -0.2) is 0 Å².